The number of anilines is 3. The second-order valence-corrected chi connectivity index (χ2v) is 9.35. The highest BCUT2D eigenvalue weighted by molar-refractivity contribution is 6.40. The van der Waals surface area contributed by atoms with Gasteiger partial charge in [0.05, 0.1) is 23.5 Å². The number of rotatable bonds is 8. The first-order chi connectivity index (χ1) is 18.7. The summed E-state index contributed by atoms with van der Waals surface area (Å²) in [5, 5.41) is 17.1. The molecule has 1 atom stereocenters. The van der Waals surface area contributed by atoms with Crippen molar-refractivity contribution in [3.05, 3.63) is 88.9 Å². The highest BCUT2D eigenvalue weighted by Gasteiger charge is 2.27. The fourth-order valence-corrected chi connectivity index (χ4v) is 4.28. The van der Waals surface area contributed by atoms with E-state index in [1.165, 1.54) is 30.3 Å². The van der Waals surface area contributed by atoms with Gasteiger partial charge < -0.3 is 26.0 Å². The van der Waals surface area contributed by atoms with Crippen LogP contribution in [0.25, 0.3) is 0 Å². The molecule has 3 aromatic rings. The van der Waals surface area contributed by atoms with E-state index in [1.54, 1.807) is 41.3 Å². The van der Waals surface area contributed by atoms with Crippen LogP contribution in [0.1, 0.15) is 22.3 Å². The van der Waals surface area contributed by atoms with Crippen LogP contribution in [-0.2, 0) is 25.6 Å². The number of aromatic carboxylic acids is 1. The van der Waals surface area contributed by atoms with Gasteiger partial charge in [-0.3, -0.25) is 19.2 Å². The lowest BCUT2D eigenvalue weighted by molar-refractivity contribution is -0.137. The largest absolute Gasteiger partial charge is 0.478 e. The number of carbonyl (C=O) groups excluding carboxylic acids is 4. The monoisotopic (exact) mass is 548 g/mol. The number of halogens is 1. The molecule has 0 bridgehead atoms. The minimum Gasteiger partial charge on any atom is -0.478 e. The number of amides is 3. The second-order valence-electron chi connectivity index (χ2n) is 8.91. The molecular weight excluding hydrogens is 524 g/mol. The van der Waals surface area contributed by atoms with Crippen LogP contribution in [0.4, 0.5) is 17.1 Å². The van der Waals surface area contributed by atoms with Crippen LogP contribution >= 0.6 is 11.6 Å². The van der Waals surface area contributed by atoms with E-state index in [4.69, 9.17) is 16.7 Å². The molecule has 1 heterocycles. The van der Waals surface area contributed by atoms with Crippen molar-refractivity contribution in [1.82, 2.24) is 5.32 Å². The zero-order valence-electron chi connectivity index (χ0n) is 20.6. The zero-order valence-corrected chi connectivity index (χ0v) is 21.4. The topological polar surface area (TPSA) is 145 Å². The predicted octanol–water partition coefficient (Wildman–Crippen LogP) is 3.12. The number of hydrogen-bond donors (Lipinski definition) is 4. The number of Topliss-reactive ketones (excluding diaryl/α,β-unsaturated/α-hetero) is 1. The minimum absolute atomic E-state index is 0.0532. The quantitative estimate of drug-likeness (QED) is 0.316. The molecule has 3 aromatic carbocycles. The first-order valence-corrected chi connectivity index (χ1v) is 12.4. The molecule has 0 radical (unpaired) electrons. The fraction of sp³-hybridized carbons (Fsp3) is 0.179. The van der Waals surface area contributed by atoms with Gasteiger partial charge in [0, 0.05) is 30.1 Å². The van der Waals surface area contributed by atoms with Crippen LogP contribution in [0.3, 0.4) is 0 Å². The predicted molar refractivity (Wildman–Crippen MR) is 146 cm³/mol. The molecular formula is C28H25ClN4O6. The number of carboxylic acids is 1. The van der Waals surface area contributed by atoms with E-state index < -0.39 is 29.7 Å². The molecule has 1 aliphatic rings. The summed E-state index contributed by atoms with van der Waals surface area (Å²) in [6.07, 6.45) is 0.475. The van der Waals surface area contributed by atoms with Crippen LogP contribution in [-0.4, -0.2) is 53.7 Å². The summed E-state index contributed by atoms with van der Waals surface area (Å²) in [7, 11) is 0. The van der Waals surface area contributed by atoms with E-state index in [0.29, 0.717) is 29.4 Å². The maximum absolute atomic E-state index is 13.1. The van der Waals surface area contributed by atoms with Crippen molar-refractivity contribution >= 4 is 58.1 Å². The van der Waals surface area contributed by atoms with Crippen LogP contribution < -0.4 is 20.9 Å². The molecule has 39 heavy (non-hydrogen) atoms. The van der Waals surface area contributed by atoms with Gasteiger partial charge in [0.25, 0.3) is 0 Å². The summed E-state index contributed by atoms with van der Waals surface area (Å²) >= 11 is 6.11. The standard InChI is InChI=1S/C28H25ClN4O6/c29-19-8-11-24(33-13-12-21(34)16-33)22(15-19)31-26(36)27(37)32-23(14-17-4-2-1-3-5-17)25(35)30-20-9-6-18(7-10-20)28(38)39/h1-11,15,23H,12-14,16H2,(H,30,35)(H,31,36)(H,32,37)(H,38,39). The van der Waals surface area contributed by atoms with Crippen molar-refractivity contribution in [2.75, 3.05) is 28.6 Å². The van der Waals surface area contributed by atoms with Crippen LogP contribution in [0.5, 0.6) is 0 Å². The molecule has 0 aliphatic carbocycles. The lowest BCUT2D eigenvalue weighted by Gasteiger charge is -2.22. The van der Waals surface area contributed by atoms with Gasteiger partial charge in [0.1, 0.15) is 6.04 Å². The van der Waals surface area contributed by atoms with Crippen molar-refractivity contribution in [1.29, 1.82) is 0 Å². The van der Waals surface area contributed by atoms with Gasteiger partial charge in [-0.1, -0.05) is 41.9 Å². The SMILES string of the molecule is O=C1CCN(c2ccc(Cl)cc2NC(=O)C(=O)NC(Cc2ccccc2)C(=O)Nc2ccc(C(=O)O)cc2)C1. The molecule has 0 saturated carbocycles. The Bertz CT molecular complexity index is 1410. The first kappa shape index (κ1) is 27.3. The summed E-state index contributed by atoms with van der Waals surface area (Å²) in [5.74, 6) is -3.70. The highest BCUT2D eigenvalue weighted by Crippen LogP contribution is 2.31. The smallest absolute Gasteiger partial charge is 0.335 e. The Kier molecular flexibility index (Phi) is 8.57. The van der Waals surface area contributed by atoms with E-state index in [9.17, 15) is 24.0 Å². The number of nitrogens with zero attached hydrogens (tertiary/aromatic N) is 1. The molecule has 1 aliphatic heterocycles. The molecule has 1 fully saturated rings. The fourth-order valence-electron chi connectivity index (χ4n) is 4.11. The third kappa shape index (κ3) is 7.20. The maximum Gasteiger partial charge on any atom is 0.335 e. The van der Waals surface area contributed by atoms with Gasteiger partial charge in [-0.05, 0) is 48.0 Å². The lowest BCUT2D eigenvalue weighted by Crippen LogP contribution is -2.49. The van der Waals surface area contributed by atoms with Crippen molar-refractivity contribution in [2.24, 2.45) is 0 Å². The van der Waals surface area contributed by atoms with Crippen molar-refractivity contribution < 1.29 is 29.1 Å². The first-order valence-electron chi connectivity index (χ1n) is 12.1. The normalized spacial score (nSPS) is 13.5. The maximum atomic E-state index is 13.1. The van der Waals surface area contributed by atoms with Crippen molar-refractivity contribution in [3.8, 4) is 0 Å². The molecule has 1 unspecified atom stereocenters. The van der Waals surface area contributed by atoms with E-state index in [2.05, 4.69) is 16.0 Å². The summed E-state index contributed by atoms with van der Waals surface area (Å²) in [6, 6.07) is 18.1. The molecule has 1 saturated heterocycles. The number of benzene rings is 3. The Labute approximate surface area is 229 Å². The molecule has 200 valence electrons. The van der Waals surface area contributed by atoms with Crippen LogP contribution in [0.15, 0.2) is 72.8 Å². The third-order valence-electron chi connectivity index (χ3n) is 6.09. The van der Waals surface area contributed by atoms with E-state index in [0.717, 1.165) is 5.56 Å². The Morgan fingerprint density at radius 3 is 2.28 bits per heavy atom. The molecule has 4 N–H and O–H groups in total. The molecule has 11 heteroatoms. The molecule has 0 spiro atoms. The minimum atomic E-state index is -1.13. The highest BCUT2D eigenvalue weighted by atomic mass is 35.5. The summed E-state index contributed by atoms with van der Waals surface area (Å²) in [6.45, 7) is 0.658. The Morgan fingerprint density at radius 1 is 0.923 bits per heavy atom. The molecule has 0 aromatic heterocycles. The van der Waals surface area contributed by atoms with Crippen LogP contribution in [0, 0.1) is 0 Å². The summed E-state index contributed by atoms with van der Waals surface area (Å²) in [4.78, 5) is 63.6. The van der Waals surface area contributed by atoms with Gasteiger partial charge >= 0.3 is 17.8 Å². The van der Waals surface area contributed by atoms with Gasteiger partial charge in [-0.15, -0.1) is 0 Å². The van der Waals surface area contributed by atoms with E-state index in [1.807, 2.05) is 6.07 Å². The van der Waals surface area contributed by atoms with E-state index >= 15 is 0 Å². The summed E-state index contributed by atoms with van der Waals surface area (Å²) < 4.78 is 0. The van der Waals surface area contributed by atoms with Gasteiger partial charge in [0.2, 0.25) is 5.91 Å². The van der Waals surface area contributed by atoms with Gasteiger partial charge in [-0.25, -0.2) is 4.79 Å². The van der Waals surface area contributed by atoms with E-state index in [-0.39, 0.29) is 30.0 Å². The Hall–Kier alpha value is -4.70. The van der Waals surface area contributed by atoms with Crippen LogP contribution in [0.2, 0.25) is 5.02 Å². The Balaban J connectivity index is 1.49. The molecule has 4 rings (SSSR count). The second kappa shape index (κ2) is 12.2. The number of ketones is 1. The molecule has 3 amide bonds. The zero-order chi connectivity index (χ0) is 27.9. The average Bonchev–Trinajstić information content (AvgIpc) is 3.35. The van der Waals surface area contributed by atoms with Crippen molar-refractivity contribution in [3.63, 3.8) is 0 Å². The summed E-state index contributed by atoms with van der Waals surface area (Å²) in [5.41, 5.74) is 1.94. The lowest BCUT2D eigenvalue weighted by atomic mass is 10.0. The number of hydrogen-bond acceptors (Lipinski definition) is 6. The average molecular weight is 549 g/mol. The third-order valence-corrected chi connectivity index (χ3v) is 6.32. The Morgan fingerprint density at radius 2 is 1.64 bits per heavy atom. The number of carbonyl (C=O) groups is 5. The van der Waals surface area contributed by atoms with Crippen molar-refractivity contribution in [2.45, 2.75) is 18.9 Å². The molecule has 10 nitrogen and oxygen atoms in total. The number of nitrogens with one attached hydrogen (secondary N) is 3. The van der Waals surface area contributed by atoms with Gasteiger partial charge in [-0.2, -0.15) is 0 Å². The van der Waals surface area contributed by atoms with Gasteiger partial charge in [0.15, 0.2) is 5.78 Å². The number of carboxylic acid groups (broad SMARTS) is 1.